The average molecular weight is 241 g/mol. The second-order valence-corrected chi connectivity index (χ2v) is 4.33. The molecule has 1 aromatic rings. The van der Waals surface area contributed by atoms with E-state index in [1.165, 1.54) is 12.4 Å². The summed E-state index contributed by atoms with van der Waals surface area (Å²) in [5.41, 5.74) is 0.305. The molecule has 1 N–H and O–H groups in total. The number of hydrogen-bond acceptors (Lipinski definition) is 4. The molecule has 1 saturated heterocycles. The molecule has 0 aromatic carbocycles. The predicted molar refractivity (Wildman–Crippen MR) is 60.4 cm³/mol. The first-order chi connectivity index (χ1) is 7.65. The molecule has 1 atom stereocenters. The lowest BCUT2D eigenvalue weighted by atomic mass is 10.2. The first-order valence-electron chi connectivity index (χ1n) is 5.12. The highest BCUT2D eigenvalue weighted by Gasteiger charge is 2.21. The van der Waals surface area contributed by atoms with E-state index in [1.54, 1.807) is 0 Å². The van der Waals surface area contributed by atoms with Crippen LogP contribution in [-0.2, 0) is 0 Å². The maximum absolute atomic E-state index is 11.7. The summed E-state index contributed by atoms with van der Waals surface area (Å²) in [7, 11) is 2.04. The highest BCUT2D eigenvalue weighted by molar-refractivity contribution is 6.29. The minimum atomic E-state index is -0.190. The third-order valence-corrected chi connectivity index (χ3v) is 2.77. The smallest absolute Gasteiger partial charge is 0.271 e. The topological polar surface area (TPSA) is 58.1 Å². The van der Waals surface area contributed by atoms with Gasteiger partial charge in [-0.05, 0) is 20.0 Å². The zero-order valence-corrected chi connectivity index (χ0v) is 9.74. The molecule has 0 bridgehead atoms. The number of aromatic nitrogens is 2. The number of halogens is 1. The summed E-state index contributed by atoms with van der Waals surface area (Å²) in [5.74, 6) is -0.190. The molecule has 0 aliphatic carbocycles. The van der Waals surface area contributed by atoms with E-state index < -0.39 is 0 Å². The fraction of sp³-hybridized carbons (Fsp3) is 0.500. The molecule has 0 saturated carbocycles. The van der Waals surface area contributed by atoms with E-state index in [2.05, 4.69) is 20.2 Å². The van der Waals surface area contributed by atoms with Gasteiger partial charge in [0.25, 0.3) is 5.91 Å². The van der Waals surface area contributed by atoms with Crippen molar-refractivity contribution in [3.05, 3.63) is 23.2 Å². The Balaban J connectivity index is 1.95. The van der Waals surface area contributed by atoms with Crippen molar-refractivity contribution >= 4 is 17.5 Å². The molecule has 1 aromatic heterocycles. The molecule has 2 rings (SSSR count). The second-order valence-electron chi connectivity index (χ2n) is 3.95. The Morgan fingerprint density at radius 2 is 2.38 bits per heavy atom. The highest BCUT2D eigenvalue weighted by Crippen LogP contribution is 2.07. The third kappa shape index (κ3) is 2.68. The zero-order chi connectivity index (χ0) is 11.5. The third-order valence-electron chi connectivity index (χ3n) is 2.58. The van der Waals surface area contributed by atoms with E-state index in [4.69, 9.17) is 11.6 Å². The van der Waals surface area contributed by atoms with Crippen molar-refractivity contribution in [3.8, 4) is 0 Å². The molecular formula is C10H13ClN4O. The Bertz CT molecular complexity index is 381. The van der Waals surface area contributed by atoms with Crippen LogP contribution in [0.3, 0.4) is 0 Å². The van der Waals surface area contributed by atoms with E-state index >= 15 is 0 Å². The van der Waals surface area contributed by atoms with Gasteiger partial charge < -0.3 is 10.2 Å². The normalized spacial score (nSPS) is 21.0. The number of nitrogens with one attached hydrogen (secondary N) is 1. The molecule has 5 nitrogen and oxygen atoms in total. The lowest BCUT2D eigenvalue weighted by Crippen LogP contribution is -2.36. The van der Waals surface area contributed by atoms with Crippen LogP contribution in [0.5, 0.6) is 0 Å². The molecule has 86 valence electrons. The van der Waals surface area contributed by atoms with Gasteiger partial charge in [-0.15, -0.1) is 0 Å². The van der Waals surface area contributed by atoms with Gasteiger partial charge in [-0.3, -0.25) is 4.79 Å². The van der Waals surface area contributed by atoms with Crippen LogP contribution in [0.1, 0.15) is 16.9 Å². The van der Waals surface area contributed by atoms with Crippen LogP contribution in [0.4, 0.5) is 0 Å². The fourth-order valence-corrected chi connectivity index (χ4v) is 1.84. The van der Waals surface area contributed by atoms with Gasteiger partial charge >= 0.3 is 0 Å². The van der Waals surface area contributed by atoms with Crippen molar-refractivity contribution in [3.63, 3.8) is 0 Å². The molecule has 0 radical (unpaired) electrons. The number of amides is 1. The van der Waals surface area contributed by atoms with Crippen LogP contribution in [0, 0.1) is 0 Å². The molecule has 16 heavy (non-hydrogen) atoms. The molecule has 6 heteroatoms. The molecule has 1 unspecified atom stereocenters. The summed E-state index contributed by atoms with van der Waals surface area (Å²) in [6.45, 7) is 1.89. The summed E-state index contributed by atoms with van der Waals surface area (Å²) < 4.78 is 0. The van der Waals surface area contributed by atoms with Gasteiger partial charge in [0, 0.05) is 12.6 Å². The van der Waals surface area contributed by atoms with Gasteiger partial charge in [-0.25, -0.2) is 9.97 Å². The lowest BCUT2D eigenvalue weighted by molar-refractivity contribution is 0.0933. The standard InChI is InChI=1S/C10H13ClN4O/c1-15-3-2-7(6-15)14-10(16)8-4-13-9(11)5-12-8/h4-5,7H,2-3,6H2,1H3,(H,14,16). The lowest BCUT2D eigenvalue weighted by Gasteiger charge is -2.12. The van der Waals surface area contributed by atoms with Crippen molar-refractivity contribution in [1.29, 1.82) is 0 Å². The predicted octanol–water partition coefficient (Wildman–Crippen LogP) is 0.564. The summed E-state index contributed by atoms with van der Waals surface area (Å²) in [5, 5.41) is 3.21. The first kappa shape index (κ1) is 11.3. The number of carbonyl (C=O) groups is 1. The SMILES string of the molecule is CN1CCC(NC(=O)c2cnc(Cl)cn2)C1. The molecule has 1 aliphatic heterocycles. The van der Waals surface area contributed by atoms with Crippen LogP contribution < -0.4 is 5.32 Å². The number of likely N-dealkylation sites (N-methyl/N-ethyl adjacent to an activating group) is 1. The van der Waals surface area contributed by atoms with Crippen LogP contribution in [-0.4, -0.2) is 47.0 Å². The number of rotatable bonds is 2. The van der Waals surface area contributed by atoms with Crippen molar-refractivity contribution in [2.45, 2.75) is 12.5 Å². The van der Waals surface area contributed by atoms with Crippen molar-refractivity contribution in [1.82, 2.24) is 20.2 Å². The molecule has 1 fully saturated rings. The minimum Gasteiger partial charge on any atom is -0.347 e. The Labute approximate surface area is 98.8 Å². The van der Waals surface area contributed by atoms with Crippen molar-refractivity contribution in [2.24, 2.45) is 0 Å². The summed E-state index contributed by atoms with van der Waals surface area (Å²) >= 11 is 5.59. The quantitative estimate of drug-likeness (QED) is 0.821. The second kappa shape index (κ2) is 4.76. The van der Waals surface area contributed by atoms with E-state index in [-0.39, 0.29) is 17.1 Å². The largest absolute Gasteiger partial charge is 0.347 e. The van der Waals surface area contributed by atoms with Gasteiger partial charge in [0.1, 0.15) is 10.8 Å². The molecule has 1 amide bonds. The van der Waals surface area contributed by atoms with Gasteiger partial charge in [0.2, 0.25) is 0 Å². The van der Waals surface area contributed by atoms with Gasteiger partial charge in [-0.2, -0.15) is 0 Å². The number of likely N-dealkylation sites (tertiary alicyclic amines) is 1. The molecule has 0 spiro atoms. The molecule has 2 heterocycles. The summed E-state index contributed by atoms with van der Waals surface area (Å²) in [6, 6.07) is 0.204. The van der Waals surface area contributed by atoms with E-state index in [9.17, 15) is 4.79 Å². The summed E-state index contributed by atoms with van der Waals surface area (Å²) in [6.07, 6.45) is 3.73. The zero-order valence-electron chi connectivity index (χ0n) is 8.98. The number of nitrogens with zero attached hydrogens (tertiary/aromatic N) is 3. The van der Waals surface area contributed by atoms with Crippen LogP contribution in [0.25, 0.3) is 0 Å². The van der Waals surface area contributed by atoms with Gasteiger partial charge in [0.15, 0.2) is 0 Å². The Morgan fingerprint density at radius 1 is 1.56 bits per heavy atom. The van der Waals surface area contributed by atoms with Gasteiger partial charge in [0.05, 0.1) is 12.4 Å². The maximum Gasteiger partial charge on any atom is 0.271 e. The minimum absolute atomic E-state index is 0.190. The highest BCUT2D eigenvalue weighted by atomic mass is 35.5. The van der Waals surface area contributed by atoms with E-state index in [0.29, 0.717) is 5.69 Å². The van der Waals surface area contributed by atoms with Gasteiger partial charge in [-0.1, -0.05) is 11.6 Å². The molecule has 1 aliphatic rings. The average Bonchev–Trinajstić information content (AvgIpc) is 2.65. The fourth-order valence-electron chi connectivity index (χ4n) is 1.74. The van der Waals surface area contributed by atoms with Crippen molar-refractivity contribution in [2.75, 3.05) is 20.1 Å². The van der Waals surface area contributed by atoms with Crippen LogP contribution in [0.2, 0.25) is 5.15 Å². The summed E-state index contributed by atoms with van der Waals surface area (Å²) in [4.78, 5) is 21.7. The number of carbonyl (C=O) groups excluding carboxylic acids is 1. The van der Waals surface area contributed by atoms with Crippen LogP contribution >= 0.6 is 11.6 Å². The Kier molecular flexibility index (Phi) is 3.36. The molecular weight excluding hydrogens is 228 g/mol. The monoisotopic (exact) mass is 240 g/mol. The van der Waals surface area contributed by atoms with Crippen molar-refractivity contribution < 1.29 is 4.79 Å². The Morgan fingerprint density at radius 3 is 2.94 bits per heavy atom. The Hall–Kier alpha value is -1.20. The van der Waals surface area contributed by atoms with E-state index in [0.717, 1.165) is 19.5 Å². The maximum atomic E-state index is 11.7. The van der Waals surface area contributed by atoms with E-state index in [1.807, 2.05) is 7.05 Å². The first-order valence-corrected chi connectivity index (χ1v) is 5.50. The number of hydrogen-bond donors (Lipinski definition) is 1. The van der Waals surface area contributed by atoms with Crippen LogP contribution in [0.15, 0.2) is 12.4 Å².